The fraction of sp³-hybridized carbons (Fsp3) is 0.500. The normalized spacial score (nSPS) is 14.6. The minimum atomic E-state index is 0.278. The molecular formula is C16H19N5OS2. The van der Waals surface area contributed by atoms with Gasteiger partial charge in [0.15, 0.2) is 11.0 Å². The summed E-state index contributed by atoms with van der Waals surface area (Å²) in [5.74, 6) is 3.36. The molecule has 3 aromatic rings. The molecule has 6 nitrogen and oxygen atoms in total. The van der Waals surface area contributed by atoms with Crippen molar-refractivity contribution in [2.75, 3.05) is 0 Å². The molecule has 3 aromatic heterocycles. The second kappa shape index (κ2) is 6.68. The lowest BCUT2D eigenvalue weighted by Crippen LogP contribution is -2.03. The standard InChI is InChI=1S/C16H19N5OS2/c1-10(2)15-17-14(22-20-15)9-24-16-19-18-13(21(16)11-5-6-11)8-12-4-3-7-23-12/h3-4,7,10-11H,5-6,8-9H2,1-2H3. The van der Waals surface area contributed by atoms with E-state index in [0.29, 0.717) is 17.7 Å². The Balaban J connectivity index is 1.49. The van der Waals surface area contributed by atoms with Gasteiger partial charge in [0.1, 0.15) is 5.82 Å². The van der Waals surface area contributed by atoms with Crippen LogP contribution >= 0.6 is 23.1 Å². The lowest BCUT2D eigenvalue weighted by molar-refractivity contribution is 0.382. The first-order valence-electron chi connectivity index (χ1n) is 8.12. The van der Waals surface area contributed by atoms with E-state index in [1.165, 1.54) is 17.7 Å². The van der Waals surface area contributed by atoms with Crippen LogP contribution in [0.4, 0.5) is 0 Å². The molecule has 0 N–H and O–H groups in total. The number of hydrogen-bond donors (Lipinski definition) is 0. The molecule has 8 heteroatoms. The Morgan fingerprint density at radius 1 is 1.38 bits per heavy atom. The molecule has 0 atom stereocenters. The number of rotatable bonds is 7. The van der Waals surface area contributed by atoms with Crippen LogP contribution in [0, 0.1) is 0 Å². The van der Waals surface area contributed by atoms with Gasteiger partial charge in [-0.3, -0.25) is 0 Å². The van der Waals surface area contributed by atoms with E-state index >= 15 is 0 Å². The topological polar surface area (TPSA) is 69.6 Å². The first-order valence-corrected chi connectivity index (χ1v) is 9.98. The molecule has 0 spiro atoms. The van der Waals surface area contributed by atoms with Gasteiger partial charge < -0.3 is 9.09 Å². The zero-order valence-corrected chi connectivity index (χ0v) is 15.3. The van der Waals surface area contributed by atoms with Crippen LogP contribution < -0.4 is 0 Å². The lowest BCUT2D eigenvalue weighted by Gasteiger charge is -2.07. The Morgan fingerprint density at radius 3 is 2.92 bits per heavy atom. The maximum Gasteiger partial charge on any atom is 0.237 e. The molecule has 1 aliphatic rings. The zero-order valence-electron chi connectivity index (χ0n) is 13.7. The zero-order chi connectivity index (χ0) is 16.5. The van der Waals surface area contributed by atoms with Gasteiger partial charge in [0.2, 0.25) is 5.89 Å². The third-order valence-electron chi connectivity index (χ3n) is 3.88. The number of nitrogens with zero attached hydrogens (tertiary/aromatic N) is 5. The molecule has 0 bridgehead atoms. The second-order valence-corrected chi connectivity index (χ2v) is 8.22. The number of hydrogen-bond acceptors (Lipinski definition) is 7. The van der Waals surface area contributed by atoms with Crippen molar-refractivity contribution in [1.82, 2.24) is 24.9 Å². The Bertz CT molecular complexity index is 804. The van der Waals surface area contributed by atoms with Crippen LogP contribution in [0.15, 0.2) is 27.2 Å². The summed E-state index contributed by atoms with van der Waals surface area (Å²) in [7, 11) is 0. The van der Waals surface area contributed by atoms with Crippen LogP contribution in [0.3, 0.4) is 0 Å². The van der Waals surface area contributed by atoms with Gasteiger partial charge in [-0.25, -0.2) is 0 Å². The maximum absolute atomic E-state index is 5.32. The lowest BCUT2D eigenvalue weighted by atomic mass is 10.2. The quantitative estimate of drug-likeness (QED) is 0.591. The third kappa shape index (κ3) is 3.39. The van der Waals surface area contributed by atoms with Crippen molar-refractivity contribution in [2.45, 2.75) is 56.0 Å². The summed E-state index contributed by atoms with van der Waals surface area (Å²) >= 11 is 3.39. The third-order valence-corrected chi connectivity index (χ3v) is 5.69. The van der Waals surface area contributed by atoms with E-state index in [2.05, 4.69) is 56.3 Å². The number of thioether (sulfide) groups is 1. The molecule has 0 aromatic carbocycles. The van der Waals surface area contributed by atoms with Gasteiger partial charge >= 0.3 is 0 Å². The van der Waals surface area contributed by atoms with Crippen molar-refractivity contribution in [3.63, 3.8) is 0 Å². The molecule has 0 aliphatic heterocycles. The van der Waals surface area contributed by atoms with Gasteiger partial charge in [-0.15, -0.1) is 21.5 Å². The van der Waals surface area contributed by atoms with E-state index < -0.39 is 0 Å². The highest BCUT2D eigenvalue weighted by molar-refractivity contribution is 7.98. The van der Waals surface area contributed by atoms with Crippen molar-refractivity contribution >= 4 is 23.1 Å². The van der Waals surface area contributed by atoms with Gasteiger partial charge in [0.05, 0.1) is 5.75 Å². The summed E-state index contributed by atoms with van der Waals surface area (Å²) in [6, 6.07) is 4.77. The minimum absolute atomic E-state index is 0.278. The highest BCUT2D eigenvalue weighted by atomic mass is 32.2. The van der Waals surface area contributed by atoms with Crippen LogP contribution in [0.2, 0.25) is 0 Å². The molecule has 0 saturated heterocycles. The predicted molar refractivity (Wildman–Crippen MR) is 93.4 cm³/mol. The molecule has 0 amide bonds. The summed E-state index contributed by atoms with van der Waals surface area (Å²) < 4.78 is 7.61. The van der Waals surface area contributed by atoms with E-state index in [-0.39, 0.29) is 5.92 Å². The monoisotopic (exact) mass is 361 g/mol. The van der Waals surface area contributed by atoms with Crippen LogP contribution in [0.1, 0.15) is 61.1 Å². The van der Waals surface area contributed by atoms with E-state index in [1.54, 1.807) is 23.1 Å². The van der Waals surface area contributed by atoms with Crippen molar-refractivity contribution < 1.29 is 4.52 Å². The Labute approximate surface area is 148 Å². The molecule has 0 unspecified atom stereocenters. The highest BCUT2D eigenvalue weighted by Crippen LogP contribution is 2.39. The van der Waals surface area contributed by atoms with Gasteiger partial charge in [0.25, 0.3) is 0 Å². The van der Waals surface area contributed by atoms with Gasteiger partial charge in [-0.2, -0.15) is 4.98 Å². The first-order chi connectivity index (χ1) is 11.7. The van der Waals surface area contributed by atoms with Gasteiger partial charge in [-0.05, 0) is 24.3 Å². The molecule has 3 heterocycles. The first kappa shape index (κ1) is 15.8. The summed E-state index contributed by atoms with van der Waals surface area (Å²) in [6.45, 7) is 4.12. The second-order valence-electron chi connectivity index (χ2n) is 6.25. The molecule has 24 heavy (non-hydrogen) atoms. The molecule has 0 radical (unpaired) electrons. The maximum atomic E-state index is 5.32. The van der Waals surface area contributed by atoms with Crippen LogP contribution in [0.25, 0.3) is 0 Å². The summed E-state index contributed by atoms with van der Waals surface area (Å²) in [6.07, 6.45) is 3.27. The van der Waals surface area contributed by atoms with Crippen LogP contribution in [-0.2, 0) is 12.2 Å². The molecule has 126 valence electrons. The van der Waals surface area contributed by atoms with Gasteiger partial charge in [-0.1, -0.05) is 36.8 Å². The Hall–Kier alpha value is -1.67. The molecule has 4 rings (SSSR count). The number of thiophene rings is 1. The van der Waals surface area contributed by atoms with Crippen molar-refractivity contribution in [2.24, 2.45) is 0 Å². The molecule has 1 aliphatic carbocycles. The number of aromatic nitrogens is 5. The fourth-order valence-electron chi connectivity index (χ4n) is 2.48. The predicted octanol–water partition coefficient (Wildman–Crippen LogP) is 4.06. The SMILES string of the molecule is CC(C)c1noc(CSc2nnc(Cc3cccs3)n2C2CC2)n1. The smallest absolute Gasteiger partial charge is 0.237 e. The van der Waals surface area contributed by atoms with Gasteiger partial charge in [0, 0.05) is 23.3 Å². The summed E-state index contributed by atoms with van der Waals surface area (Å²) in [5, 5.41) is 15.9. The Kier molecular flexibility index (Phi) is 4.41. The average molecular weight is 361 g/mol. The largest absolute Gasteiger partial charge is 0.338 e. The Morgan fingerprint density at radius 2 is 2.25 bits per heavy atom. The van der Waals surface area contributed by atoms with Crippen LogP contribution in [0.5, 0.6) is 0 Å². The minimum Gasteiger partial charge on any atom is -0.338 e. The molecule has 1 fully saturated rings. The van der Waals surface area contributed by atoms with E-state index in [4.69, 9.17) is 4.52 Å². The van der Waals surface area contributed by atoms with Crippen molar-refractivity contribution in [3.05, 3.63) is 39.9 Å². The highest BCUT2D eigenvalue weighted by Gasteiger charge is 2.30. The summed E-state index contributed by atoms with van der Waals surface area (Å²) in [5.41, 5.74) is 0. The van der Waals surface area contributed by atoms with Crippen molar-refractivity contribution in [3.8, 4) is 0 Å². The van der Waals surface area contributed by atoms with Crippen LogP contribution in [-0.4, -0.2) is 24.9 Å². The molecule has 1 saturated carbocycles. The van der Waals surface area contributed by atoms with E-state index in [1.807, 2.05) is 0 Å². The van der Waals surface area contributed by atoms with Crippen molar-refractivity contribution in [1.29, 1.82) is 0 Å². The molecular weight excluding hydrogens is 342 g/mol. The van der Waals surface area contributed by atoms with E-state index in [0.717, 1.165) is 23.2 Å². The van der Waals surface area contributed by atoms with E-state index in [9.17, 15) is 0 Å². The summed E-state index contributed by atoms with van der Waals surface area (Å²) in [4.78, 5) is 5.75. The fourth-order valence-corrected chi connectivity index (χ4v) is 4.05. The average Bonchev–Trinajstić information content (AvgIpc) is 2.99.